The van der Waals surface area contributed by atoms with Crippen LogP contribution in [0.4, 0.5) is 0 Å². The third-order valence-corrected chi connectivity index (χ3v) is 7.10. The second kappa shape index (κ2) is 7.51. The van der Waals surface area contributed by atoms with E-state index in [2.05, 4.69) is 17.2 Å². The molecule has 0 saturated heterocycles. The summed E-state index contributed by atoms with van der Waals surface area (Å²) in [6.07, 6.45) is 10.9. The minimum Gasteiger partial charge on any atom is -0.353 e. The topological polar surface area (TPSA) is 64.0 Å². The van der Waals surface area contributed by atoms with Crippen LogP contribution in [0, 0.1) is 5.92 Å². The number of fused-ring (bicyclic) bond motifs is 3. The Morgan fingerprint density at radius 3 is 2.85 bits per heavy atom. The molecule has 2 aromatic heterocycles. The van der Waals surface area contributed by atoms with Crippen molar-refractivity contribution in [2.75, 3.05) is 0 Å². The van der Waals surface area contributed by atoms with Crippen LogP contribution in [-0.2, 0) is 24.2 Å². The van der Waals surface area contributed by atoms with Gasteiger partial charge in [0.25, 0.3) is 5.56 Å². The van der Waals surface area contributed by atoms with Crippen molar-refractivity contribution in [3.05, 3.63) is 27.1 Å². The normalized spacial score (nSPS) is 23.0. The molecule has 0 bridgehead atoms. The van der Waals surface area contributed by atoms with Crippen LogP contribution in [0.5, 0.6) is 0 Å². The van der Waals surface area contributed by atoms with Crippen LogP contribution in [0.3, 0.4) is 0 Å². The van der Waals surface area contributed by atoms with Crippen molar-refractivity contribution in [2.45, 2.75) is 77.3 Å². The lowest BCUT2D eigenvalue weighted by atomic mass is 9.87. The summed E-state index contributed by atoms with van der Waals surface area (Å²) in [5, 5.41) is 3.94. The van der Waals surface area contributed by atoms with Gasteiger partial charge in [0, 0.05) is 23.9 Å². The summed E-state index contributed by atoms with van der Waals surface area (Å²) in [6.45, 7) is 2.68. The SMILES string of the molecule is CC1CCC(NC(=O)CCn2cnc3sc4c(c3c2=O)CCCC4)CC1. The van der Waals surface area contributed by atoms with Crippen LogP contribution >= 0.6 is 11.3 Å². The maximum Gasteiger partial charge on any atom is 0.262 e. The zero-order valence-electron chi connectivity index (χ0n) is 15.4. The third-order valence-electron chi connectivity index (χ3n) is 5.90. The van der Waals surface area contributed by atoms with Crippen LogP contribution in [0.25, 0.3) is 10.2 Å². The minimum atomic E-state index is 0.0219. The highest BCUT2D eigenvalue weighted by atomic mass is 32.1. The molecule has 1 fully saturated rings. The molecule has 0 atom stereocenters. The number of hydrogen-bond donors (Lipinski definition) is 1. The molecule has 6 heteroatoms. The first-order chi connectivity index (χ1) is 12.6. The molecule has 26 heavy (non-hydrogen) atoms. The summed E-state index contributed by atoms with van der Waals surface area (Å²) in [7, 11) is 0. The highest BCUT2D eigenvalue weighted by molar-refractivity contribution is 7.18. The van der Waals surface area contributed by atoms with E-state index < -0.39 is 0 Å². The van der Waals surface area contributed by atoms with Gasteiger partial charge in [-0.05, 0) is 62.8 Å². The molecule has 4 rings (SSSR count). The van der Waals surface area contributed by atoms with E-state index in [-0.39, 0.29) is 11.5 Å². The number of carbonyl (C=O) groups excluding carboxylic acids is 1. The van der Waals surface area contributed by atoms with E-state index in [0.717, 1.165) is 48.2 Å². The quantitative estimate of drug-likeness (QED) is 0.893. The summed E-state index contributed by atoms with van der Waals surface area (Å²) in [5.74, 6) is 0.819. The molecule has 1 amide bonds. The molecule has 0 aliphatic heterocycles. The molecule has 2 aliphatic rings. The number of aryl methyl sites for hydroxylation is 3. The molecule has 1 saturated carbocycles. The molecule has 0 unspecified atom stereocenters. The largest absolute Gasteiger partial charge is 0.353 e. The lowest BCUT2D eigenvalue weighted by Crippen LogP contribution is -2.38. The lowest BCUT2D eigenvalue weighted by molar-refractivity contribution is -0.122. The van der Waals surface area contributed by atoms with Gasteiger partial charge in [-0.3, -0.25) is 14.2 Å². The first-order valence-electron chi connectivity index (χ1n) is 9.91. The van der Waals surface area contributed by atoms with Crippen molar-refractivity contribution in [1.29, 1.82) is 0 Å². The minimum absolute atomic E-state index is 0.0219. The van der Waals surface area contributed by atoms with Gasteiger partial charge in [0.15, 0.2) is 0 Å². The predicted octanol–water partition coefficient (Wildman–Crippen LogP) is 3.42. The molecule has 0 spiro atoms. The Morgan fingerprint density at radius 1 is 1.27 bits per heavy atom. The zero-order chi connectivity index (χ0) is 18.1. The van der Waals surface area contributed by atoms with E-state index in [9.17, 15) is 9.59 Å². The molecule has 1 N–H and O–H groups in total. The van der Waals surface area contributed by atoms with E-state index >= 15 is 0 Å². The fraction of sp³-hybridized carbons (Fsp3) is 0.650. The van der Waals surface area contributed by atoms with Crippen LogP contribution < -0.4 is 10.9 Å². The Bertz CT molecular complexity index is 862. The van der Waals surface area contributed by atoms with E-state index in [4.69, 9.17) is 0 Å². The van der Waals surface area contributed by atoms with Gasteiger partial charge in [0.1, 0.15) is 4.83 Å². The molecule has 140 valence electrons. The summed E-state index contributed by atoms with van der Waals surface area (Å²) >= 11 is 1.67. The average Bonchev–Trinajstić information content (AvgIpc) is 3.02. The smallest absolute Gasteiger partial charge is 0.262 e. The van der Waals surface area contributed by atoms with Gasteiger partial charge in [0.05, 0.1) is 11.7 Å². The van der Waals surface area contributed by atoms with Crippen molar-refractivity contribution >= 4 is 27.5 Å². The number of hydrogen-bond acceptors (Lipinski definition) is 4. The number of nitrogens with one attached hydrogen (secondary N) is 1. The Balaban J connectivity index is 1.43. The van der Waals surface area contributed by atoms with E-state index in [1.807, 2.05) is 0 Å². The lowest BCUT2D eigenvalue weighted by Gasteiger charge is -2.26. The van der Waals surface area contributed by atoms with Gasteiger partial charge in [0.2, 0.25) is 5.91 Å². The van der Waals surface area contributed by atoms with Crippen LogP contribution in [0.2, 0.25) is 0 Å². The van der Waals surface area contributed by atoms with Crippen molar-refractivity contribution in [2.24, 2.45) is 5.92 Å². The highest BCUT2D eigenvalue weighted by Gasteiger charge is 2.21. The van der Waals surface area contributed by atoms with Gasteiger partial charge in [-0.2, -0.15) is 0 Å². The Kier molecular flexibility index (Phi) is 5.11. The molecular formula is C20H27N3O2S. The van der Waals surface area contributed by atoms with Crippen molar-refractivity contribution in [3.8, 4) is 0 Å². The summed E-state index contributed by atoms with van der Waals surface area (Å²) < 4.78 is 1.62. The maximum atomic E-state index is 12.9. The predicted molar refractivity (Wildman–Crippen MR) is 105 cm³/mol. The molecule has 0 aromatic carbocycles. The number of carbonyl (C=O) groups is 1. The number of aromatic nitrogens is 2. The monoisotopic (exact) mass is 373 g/mol. The summed E-state index contributed by atoms with van der Waals surface area (Å²) in [6, 6.07) is 0.305. The number of amides is 1. The van der Waals surface area contributed by atoms with Crippen LogP contribution in [-0.4, -0.2) is 21.5 Å². The van der Waals surface area contributed by atoms with Gasteiger partial charge < -0.3 is 5.32 Å². The van der Waals surface area contributed by atoms with Gasteiger partial charge in [-0.15, -0.1) is 11.3 Å². The van der Waals surface area contributed by atoms with E-state index in [1.165, 1.54) is 29.7 Å². The van der Waals surface area contributed by atoms with Gasteiger partial charge in [-0.1, -0.05) is 6.92 Å². The van der Waals surface area contributed by atoms with E-state index in [0.29, 0.717) is 19.0 Å². The first kappa shape index (κ1) is 17.7. The van der Waals surface area contributed by atoms with Crippen LogP contribution in [0.15, 0.2) is 11.1 Å². The highest BCUT2D eigenvalue weighted by Crippen LogP contribution is 2.33. The average molecular weight is 374 g/mol. The summed E-state index contributed by atoms with van der Waals surface area (Å²) in [5.41, 5.74) is 1.23. The van der Waals surface area contributed by atoms with Crippen molar-refractivity contribution in [3.63, 3.8) is 0 Å². The second-order valence-electron chi connectivity index (χ2n) is 7.91. The molecule has 5 nitrogen and oxygen atoms in total. The fourth-order valence-corrected chi connectivity index (χ4v) is 5.49. The Morgan fingerprint density at radius 2 is 2.04 bits per heavy atom. The Hall–Kier alpha value is -1.69. The second-order valence-corrected chi connectivity index (χ2v) is 8.99. The number of thiophene rings is 1. The summed E-state index contributed by atoms with van der Waals surface area (Å²) in [4.78, 5) is 31.9. The van der Waals surface area contributed by atoms with Crippen LogP contribution in [0.1, 0.15) is 62.3 Å². The molecule has 2 aliphatic carbocycles. The number of nitrogens with zero attached hydrogens (tertiary/aromatic N) is 2. The molecular weight excluding hydrogens is 346 g/mol. The van der Waals surface area contributed by atoms with Crippen molar-refractivity contribution in [1.82, 2.24) is 14.9 Å². The van der Waals surface area contributed by atoms with Gasteiger partial charge in [-0.25, -0.2) is 4.98 Å². The van der Waals surface area contributed by atoms with E-state index in [1.54, 1.807) is 22.2 Å². The Labute approximate surface area is 157 Å². The molecule has 2 aromatic rings. The van der Waals surface area contributed by atoms with Gasteiger partial charge >= 0.3 is 0 Å². The number of rotatable bonds is 4. The first-order valence-corrected chi connectivity index (χ1v) is 10.7. The standard InChI is InChI=1S/C20H27N3O2S/c1-13-6-8-14(9-7-13)22-17(24)10-11-23-12-21-19-18(20(23)25)15-4-2-3-5-16(15)26-19/h12-14H,2-11H2,1H3,(H,22,24). The fourth-order valence-electron chi connectivity index (χ4n) is 4.27. The van der Waals surface area contributed by atoms with Crippen molar-refractivity contribution < 1.29 is 4.79 Å². The maximum absolute atomic E-state index is 12.9. The third kappa shape index (κ3) is 3.56. The zero-order valence-corrected chi connectivity index (χ0v) is 16.2. The molecule has 0 radical (unpaired) electrons. The molecule has 2 heterocycles.